The normalized spacial score (nSPS) is 12.3. The molecule has 3 aromatic rings. The lowest BCUT2D eigenvalue weighted by Gasteiger charge is -2.17. The summed E-state index contributed by atoms with van der Waals surface area (Å²) >= 11 is 3.38. The van der Waals surface area contributed by atoms with E-state index in [0.717, 1.165) is 21.1 Å². The van der Waals surface area contributed by atoms with Gasteiger partial charge in [0.15, 0.2) is 0 Å². The Morgan fingerprint density at radius 2 is 1.95 bits per heavy atom. The number of fused-ring (bicyclic) bond motifs is 1. The summed E-state index contributed by atoms with van der Waals surface area (Å²) in [4.78, 5) is 4.40. The zero-order chi connectivity index (χ0) is 14.8. The quantitative estimate of drug-likeness (QED) is 0.696. The smallest absolute Gasteiger partial charge is 0.128 e. The summed E-state index contributed by atoms with van der Waals surface area (Å²) < 4.78 is 14.8. The highest BCUT2D eigenvalue weighted by atomic mass is 79.9. The number of anilines is 1. The molecule has 0 aliphatic carbocycles. The van der Waals surface area contributed by atoms with E-state index in [9.17, 15) is 4.39 Å². The SMILES string of the molecule is CC(Nc1cnc2ccccc2c1)c1cc(Br)ccc1F. The summed E-state index contributed by atoms with van der Waals surface area (Å²) in [7, 11) is 0. The molecule has 2 nitrogen and oxygen atoms in total. The molecule has 0 bridgehead atoms. The third kappa shape index (κ3) is 3.05. The molecular weight excluding hydrogens is 331 g/mol. The van der Waals surface area contributed by atoms with Crippen molar-refractivity contribution in [3.8, 4) is 0 Å². The van der Waals surface area contributed by atoms with E-state index in [4.69, 9.17) is 0 Å². The Bertz CT molecular complexity index is 789. The molecule has 2 aromatic carbocycles. The van der Waals surface area contributed by atoms with Gasteiger partial charge in [-0.1, -0.05) is 34.1 Å². The average molecular weight is 345 g/mol. The van der Waals surface area contributed by atoms with Crippen LogP contribution in [0.2, 0.25) is 0 Å². The van der Waals surface area contributed by atoms with Gasteiger partial charge in [0.1, 0.15) is 5.82 Å². The van der Waals surface area contributed by atoms with Gasteiger partial charge in [0, 0.05) is 15.4 Å². The number of nitrogens with zero attached hydrogens (tertiary/aromatic N) is 1. The lowest BCUT2D eigenvalue weighted by molar-refractivity contribution is 0.600. The maximum atomic E-state index is 13.9. The van der Waals surface area contributed by atoms with Gasteiger partial charge in [0.25, 0.3) is 0 Å². The molecule has 21 heavy (non-hydrogen) atoms. The first kappa shape index (κ1) is 14.0. The first-order chi connectivity index (χ1) is 10.1. The second-order valence-electron chi connectivity index (χ2n) is 4.95. The number of para-hydroxylation sites is 1. The van der Waals surface area contributed by atoms with Gasteiger partial charge < -0.3 is 5.32 Å². The molecule has 1 aromatic heterocycles. The number of rotatable bonds is 3. The van der Waals surface area contributed by atoms with Crippen LogP contribution in [-0.4, -0.2) is 4.98 Å². The van der Waals surface area contributed by atoms with Crippen molar-refractivity contribution in [3.05, 3.63) is 70.6 Å². The van der Waals surface area contributed by atoms with Crippen molar-refractivity contribution in [3.63, 3.8) is 0 Å². The van der Waals surface area contributed by atoms with E-state index in [0.29, 0.717) is 5.56 Å². The van der Waals surface area contributed by atoms with Crippen LogP contribution in [0.4, 0.5) is 10.1 Å². The maximum absolute atomic E-state index is 13.9. The molecule has 0 aliphatic heterocycles. The lowest BCUT2D eigenvalue weighted by atomic mass is 10.1. The van der Waals surface area contributed by atoms with Crippen LogP contribution in [-0.2, 0) is 0 Å². The Kier molecular flexibility index (Phi) is 3.88. The zero-order valence-electron chi connectivity index (χ0n) is 11.5. The molecule has 1 N–H and O–H groups in total. The second-order valence-corrected chi connectivity index (χ2v) is 5.86. The van der Waals surface area contributed by atoms with E-state index in [1.807, 2.05) is 37.3 Å². The first-order valence-corrected chi connectivity index (χ1v) is 7.49. The predicted molar refractivity (Wildman–Crippen MR) is 87.9 cm³/mol. The largest absolute Gasteiger partial charge is 0.377 e. The van der Waals surface area contributed by atoms with Gasteiger partial charge in [-0.2, -0.15) is 0 Å². The zero-order valence-corrected chi connectivity index (χ0v) is 13.1. The Morgan fingerprint density at radius 1 is 1.14 bits per heavy atom. The van der Waals surface area contributed by atoms with Gasteiger partial charge in [-0.25, -0.2) is 4.39 Å². The van der Waals surface area contributed by atoms with E-state index in [-0.39, 0.29) is 11.9 Å². The van der Waals surface area contributed by atoms with Gasteiger partial charge in [0.05, 0.1) is 23.4 Å². The van der Waals surface area contributed by atoms with Crippen molar-refractivity contribution in [1.82, 2.24) is 4.98 Å². The number of aromatic nitrogens is 1. The van der Waals surface area contributed by atoms with Crippen LogP contribution in [0.15, 0.2) is 59.2 Å². The molecule has 0 spiro atoms. The fraction of sp³-hybridized carbons (Fsp3) is 0.118. The van der Waals surface area contributed by atoms with Gasteiger partial charge in [0.2, 0.25) is 0 Å². The molecule has 0 aliphatic rings. The van der Waals surface area contributed by atoms with Gasteiger partial charge in [-0.15, -0.1) is 0 Å². The standard InChI is InChI=1S/C17H14BrFN2/c1-11(15-9-13(18)6-7-16(15)19)21-14-8-12-4-2-3-5-17(12)20-10-14/h2-11,21H,1H3. The molecule has 1 atom stereocenters. The van der Waals surface area contributed by atoms with Crippen molar-refractivity contribution in [2.75, 3.05) is 5.32 Å². The number of hydrogen-bond acceptors (Lipinski definition) is 2. The van der Waals surface area contributed by atoms with Crippen LogP contribution in [0, 0.1) is 5.82 Å². The van der Waals surface area contributed by atoms with Crippen molar-refractivity contribution in [1.29, 1.82) is 0 Å². The van der Waals surface area contributed by atoms with E-state index in [2.05, 4.69) is 26.2 Å². The van der Waals surface area contributed by atoms with Crippen molar-refractivity contribution >= 4 is 32.5 Å². The van der Waals surface area contributed by atoms with Crippen LogP contribution in [0.25, 0.3) is 10.9 Å². The van der Waals surface area contributed by atoms with E-state index >= 15 is 0 Å². The highest BCUT2D eigenvalue weighted by molar-refractivity contribution is 9.10. The molecule has 1 heterocycles. The van der Waals surface area contributed by atoms with Gasteiger partial charge in [-0.05, 0) is 37.3 Å². The van der Waals surface area contributed by atoms with Crippen LogP contribution < -0.4 is 5.32 Å². The first-order valence-electron chi connectivity index (χ1n) is 6.70. The Balaban J connectivity index is 1.88. The molecule has 3 rings (SSSR count). The fourth-order valence-corrected chi connectivity index (χ4v) is 2.70. The molecule has 0 fully saturated rings. The average Bonchev–Trinajstić information content (AvgIpc) is 2.49. The van der Waals surface area contributed by atoms with E-state index in [1.165, 1.54) is 6.07 Å². The number of halogens is 2. The van der Waals surface area contributed by atoms with Crippen LogP contribution >= 0.6 is 15.9 Å². The lowest BCUT2D eigenvalue weighted by Crippen LogP contribution is -2.08. The fourth-order valence-electron chi connectivity index (χ4n) is 2.32. The minimum atomic E-state index is -0.216. The molecule has 1 unspecified atom stereocenters. The molecule has 0 saturated heterocycles. The van der Waals surface area contributed by atoms with Crippen LogP contribution in [0.3, 0.4) is 0 Å². The van der Waals surface area contributed by atoms with Gasteiger partial charge >= 0.3 is 0 Å². The number of pyridine rings is 1. The molecular formula is C17H14BrFN2. The molecule has 0 saturated carbocycles. The summed E-state index contributed by atoms with van der Waals surface area (Å²) in [5.41, 5.74) is 2.45. The molecule has 4 heteroatoms. The van der Waals surface area contributed by atoms with Crippen molar-refractivity contribution < 1.29 is 4.39 Å². The summed E-state index contributed by atoms with van der Waals surface area (Å²) in [6.07, 6.45) is 1.77. The Morgan fingerprint density at radius 3 is 2.81 bits per heavy atom. The third-order valence-electron chi connectivity index (χ3n) is 3.40. The molecule has 0 amide bonds. The summed E-state index contributed by atoms with van der Waals surface area (Å²) in [5.74, 6) is -0.216. The number of hydrogen-bond donors (Lipinski definition) is 1. The summed E-state index contributed by atoms with van der Waals surface area (Å²) in [5, 5.41) is 4.35. The van der Waals surface area contributed by atoms with Gasteiger partial charge in [-0.3, -0.25) is 4.98 Å². The molecule has 106 valence electrons. The minimum Gasteiger partial charge on any atom is -0.377 e. The second kappa shape index (κ2) is 5.82. The van der Waals surface area contributed by atoms with E-state index in [1.54, 1.807) is 18.3 Å². The van der Waals surface area contributed by atoms with E-state index < -0.39 is 0 Å². The predicted octanol–water partition coefficient (Wildman–Crippen LogP) is 5.31. The van der Waals surface area contributed by atoms with Crippen LogP contribution in [0.5, 0.6) is 0 Å². The minimum absolute atomic E-state index is 0.148. The Labute approximate surface area is 131 Å². The van der Waals surface area contributed by atoms with Crippen molar-refractivity contribution in [2.45, 2.75) is 13.0 Å². The highest BCUT2D eigenvalue weighted by Crippen LogP contribution is 2.25. The number of benzene rings is 2. The third-order valence-corrected chi connectivity index (χ3v) is 3.89. The Hall–Kier alpha value is -1.94. The summed E-state index contributed by atoms with van der Waals surface area (Å²) in [6, 6.07) is 14.8. The number of nitrogens with one attached hydrogen (secondary N) is 1. The maximum Gasteiger partial charge on any atom is 0.128 e. The summed E-state index contributed by atoms with van der Waals surface area (Å²) in [6.45, 7) is 1.93. The van der Waals surface area contributed by atoms with Crippen molar-refractivity contribution in [2.24, 2.45) is 0 Å². The molecule has 0 radical (unpaired) electrons. The monoisotopic (exact) mass is 344 g/mol. The highest BCUT2D eigenvalue weighted by Gasteiger charge is 2.11. The van der Waals surface area contributed by atoms with Crippen LogP contribution in [0.1, 0.15) is 18.5 Å². The topological polar surface area (TPSA) is 24.9 Å².